The second-order valence-electron chi connectivity index (χ2n) is 6.24. The Morgan fingerprint density at radius 3 is 2.65 bits per heavy atom. The summed E-state index contributed by atoms with van der Waals surface area (Å²) in [6.07, 6.45) is 4.90. The largest absolute Gasteiger partial charge is 0.336 e. The van der Waals surface area contributed by atoms with Crippen LogP contribution in [0.5, 0.6) is 0 Å². The van der Waals surface area contributed by atoms with Gasteiger partial charge in [0.15, 0.2) is 5.65 Å². The molecule has 26 heavy (non-hydrogen) atoms. The minimum atomic E-state index is -0.351. The molecule has 3 aromatic rings. The molecule has 1 aromatic carbocycles. The van der Waals surface area contributed by atoms with Crippen molar-refractivity contribution >= 4 is 11.6 Å². The number of amides is 1. The number of benzene rings is 1. The van der Waals surface area contributed by atoms with Crippen LogP contribution >= 0.6 is 0 Å². The molecule has 0 atom stereocenters. The smallest absolute Gasteiger partial charge is 0.293 e. The number of hydrogen-bond acceptors (Lipinski definition) is 3. The van der Waals surface area contributed by atoms with Crippen molar-refractivity contribution in [1.82, 2.24) is 19.5 Å². The Balaban J connectivity index is 1.60. The van der Waals surface area contributed by atoms with Gasteiger partial charge in [0.25, 0.3) is 5.91 Å². The van der Waals surface area contributed by atoms with Gasteiger partial charge in [0.2, 0.25) is 5.82 Å². The maximum atomic E-state index is 13.6. The zero-order valence-electron chi connectivity index (χ0n) is 14.2. The lowest BCUT2D eigenvalue weighted by atomic mass is 10.1. The van der Waals surface area contributed by atoms with Gasteiger partial charge in [-0.15, -0.1) is 5.10 Å². The van der Waals surface area contributed by atoms with Crippen molar-refractivity contribution in [3.63, 3.8) is 0 Å². The van der Waals surface area contributed by atoms with Gasteiger partial charge >= 0.3 is 0 Å². The van der Waals surface area contributed by atoms with E-state index in [0.717, 1.165) is 32.4 Å². The normalized spacial score (nSPS) is 14.1. The molecule has 4 rings (SSSR count). The van der Waals surface area contributed by atoms with Crippen LogP contribution in [0.4, 0.5) is 4.39 Å². The van der Waals surface area contributed by atoms with Crippen LogP contribution in [-0.2, 0) is 0 Å². The third-order valence-corrected chi connectivity index (χ3v) is 4.38. The van der Waals surface area contributed by atoms with Crippen LogP contribution in [0.25, 0.3) is 5.65 Å². The molecule has 2 aromatic heterocycles. The van der Waals surface area contributed by atoms with Gasteiger partial charge in [-0.3, -0.25) is 4.79 Å². The maximum absolute atomic E-state index is 13.6. The molecule has 1 aliphatic rings. The van der Waals surface area contributed by atoms with Crippen LogP contribution < -0.4 is 0 Å². The van der Waals surface area contributed by atoms with Crippen LogP contribution in [0, 0.1) is 17.7 Å². The van der Waals surface area contributed by atoms with Crippen molar-refractivity contribution in [2.24, 2.45) is 0 Å². The monoisotopic (exact) mass is 348 g/mol. The average Bonchev–Trinajstić information content (AvgIpc) is 3.11. The Morgan fingerprint density at radius 2 is 1.85 bits per heavy atom. The highest BCUT2D eigenvalue weighted by Gasteiger charge is 2.22. The first-order chi connectivity index (χ1) is 12.7. The summed E-state index contributed by atoms with van der Waals surface area (Å²) in [5.41, 5.74) is 1.59. The van der Waals surface area contributed by atoms with E-state index in [1.807, 2.05) is 0 Å². The van der Waals surface area contributed by atoms with Crippen LogP contribution in [0.1, 0.15) is 41.0 Å². The SMILES string of the molecule is O=C(c1nc2ccc(C#Cc3ccccc3F)cn2n1)N1CCCCC1. The second-order valence-corrected chi connectivity index (χ2v) is 6.24. The predicted octanol–water partition coefficient (Wildman–Crippen LogP) is 2.89. The number of aromatic nitrogens is 3. The van der Waals surface area contributed by atoms with Crippen molar-refractivity contribution in [3.05, 3.63) is 65.4 Å². The summed E-state index contributed by atoms with van der Waals surface area (Å²) in [5.74, 6) is 5.45. The van der Waals surface area contributed by atoms with Gasteiger partial charge in [-0.2, -0.15) is 0 Å². The number of halogens is 1. The summed E-state index contributed by atoms with van der Waals surface area (Å²) in [6.45, 7) is 1.52. The Bertz CT molecular complexity index is 1020. The molecule has 0 unspecified atom stereocenters. The van der Waals surface area contributed by atoms with E-state index in [9.17, 15) is 9.18 Å². The zero-order chi connectivity index (χ0) is 17.9. The molecule has 1 saturated heterocycles. The van der Waals surface area contributed by atoms with Crippen LogP contribution in [-0.4, -0.2) is 38.5 Å². The summed E-state index contributed by atoms with van der Waals surface area (Å²) in [4.78, 5) is 18.6. The van der Waals surface area contributed by atoms with Gasteiger partial charge in [0.05, 0.1) is 5.56 Å². The Morgan fingerprint density at radius 1 is 1.04 bits per heavy atom. The third kappa shape index (κ3) is 3.29. The molecule has 0 radical (unpaired) electrons. The number of likely N-dealkylation sites (tertiary alicyclic amines) is 1. The molecule has 0 spiro atoms. The fourth-order valence-corrected chi connectivity index (χ4v) is 2.99. The first-order valence-corrected chi connectivity index (χ1v) is 8.63. The Hall–Kier alpha value is -3.20. The quantitative estimate of drug-likeness (QED) is 0.636. The second kappa shape index (κ2) is 6.96. The minimum absolute atomic E-state index is 0.132. The number of rotatable bonds is 1. The van der Waals surface area contributed by atoms with Gasteiger partial charge in [-0.05, 0) is 43.5 Å². The van der Waals surface area contributed by atoms with Gasteiger partial charge in [-0.1, -0.05) is 24.0 Å². The van der Waals surface area contributed by atoms with Crippen LogP contribution in [0.15, 0.2) is 42.6 Å². The highest BCUT2D eigenvalue weighted by molar-refractivity contribution is 5.91. The van der Waals surface area contributed by atoms with Gasteiger partial charge in [-0.25, -0.2) is 13.9 Å². The molecule has 130 valence electrons. The van der Waals surface area contributed by atoms with Gasteiger partial charge < -0.3 is 4.90 Å². The number of nitrogens with zero attached hydrogens (tertiary/aromatic N) is 4. The first-order valence-electron chi connectivity index (χ1n) is 8.63. The van der Waals surface area contributed by atoms with E-state index in [-0.39, 0.29) is 17.5 Å². The number of carbonyl (C=O) groups excluding carboxylic acids is 1. The summed E-state index contributed by atoms with van der Waals surface area (Å²) < 4.78 is 15.2. The summed E-state index contributed by atoms with van der Waals surface area (Å²) in [5, 5.41) is 4.29. The molecular weight excluding hydrogens is 331 g/mol. The summed E-state index contributed by atoms with van der Waals surface area (Å²) in [7, 11) is 0. The lowest BCUT2D eigenvalue weighted by Crippen LogP contribution is -2.36. The molecular formula is C20H17FN4O. The summed E-state index contributed by atoms with van der Waals surface area (Å²) in [6, 6.07) is 9.92. The van der Waals surface area contributed by atoms with Gasteiger partial charge in [0, 0.05) is 24.8 Å². The van der Waals surface area contributed by atoms with E-state index in [2.05, 4.69) is 21.9 Å². The number of hydrogen-bond donors (Lipinski definition) is 0. The molecule has 1 fully saturated rings. The molecule has 6 heteroatoms. The first kappa shape index (κ1) is 16.3. The highest BCUT2D eigenvalue weighted by Crippen LogP contribution is 2.13. The van der Waals surface area contributed by atoms with E-state index in [1.165, 1.54) is 6.07 Å². The minimum Gasteiger partial charge on any atom is -0.336 e. The molecule has 0 aliphatic carbocycles. The van der Waals surface area contributed by atoms with Crippen molar-refractivity contribution in [1.29, 1.82) is 0 Å². The third-order valence-electron chi connectivity index (χ3n) is 4.38. The Kier molecular flexibility index (Phi) is 4.36. The topological polar surface area (TPSA) is 50.5 Å². The van der Waals surface area contributed by atoms with E-state index in [0.29, 0.717) is 16.8 Å². The summed E-state index contributed by atoms with van der Waals surface area (Å²) >= 11 is 0. The van der Waals surface area contributed by atoms with Crippen molar-refractivity contribution < 1.29 is 9.18 Å². The van der Waals surface area contributed by atoms with E-state index < -0.39 is 0 Å². The molecule has 0 bridgehead atoms. The van der Waals surface area contributed by atoms with Crippen molar-refractivity contribution in [2.75, 3.05) is 13.1 Å². The van der Waals surface area contributed by atoms with Crippen LogP contribution in [0.3, 0.4) is 0 Å². The zero-order valence-corrected chi connectivity index (χ0v) is 14.2. The molecule has 1 aliphatic heterocycles. The fraction of sp³-hybridized carbons (Fsp3) is 0.250. The van der Waals surface area contributed by atoms with E-state index in [4.69, 9.17) is 0 Å². The van der Waals surface area contributed by atoms with Crippen LogP contribution in [0.2, 0.25) is 0 Å². The van der Waals surface area contributed by atoms with Crippen molar-refractivity contribution in [2.45, 2.75) is 19.3 Å². The molecule has 5 nitrogen and oxygen atoms in total. The van der Waals surface area contributed by atoms with E-state index in [1.54, 1.807) is 45.9 Å². The number of fused-ring (bicyclic) bond motifs is 1. The highest BCUT2D eigenvalue weighted by atomic mass is 19.1. The molecule has 0 N–H and O–H groups in total. The van der Waals surface area contributed by atoms with E-state index >= 15 is 0 Å². The number of carbonyl (C=O) groups is 1. The fourth-order valence-electron chi connectivity index (χ4n) is 2.99. The lowest BCUT2D eigenvalue weighted by Gasteiger charge is -2.25. The number of pyridine rings is 1. The molecule has 0 saturated carbocycles. The maximum Gasteiger partial charge on any atom is 0.293 e. The number of piperidine rings is 1. The van der Waals surface area contributed by atoms with Gasteiger partial charge in [0.1, 0.15) is 5.82 Å². The molecule has 3 heterocycles. The Labute approximate surface area is 150 Å². The average molecular weight is 348 g/mol. The van der Waals surface area contributed by atoms with Crippen molar-refractivity contribution in [3.8, 4) is 11.8 Å². The molecule has 1 amide bonds. The predicted molar refractivity (Wildman–Crippen MR) is 95.1 cm³/mol. The lowest BCUT2D eigenvalue weighted by molar-refractivity contribution is 0.0712. The standard InChI is InChI=1S/C20H17FN4O/c21-17-7-3-2-6-16(17)10-8-15-9-11-18-22-19(23-25(18)14-15)20(26)24-12-4-1-5-13-24/h2-3,6-7,9,11,14H,1,4-5,12-13H2.